The van der Waals surface area contributed by atoms with Crippen molar-refractivity contribution in [2.45, 2.75) is 71.3 Å². The number of nitrogens with one attached hydrogen (secondary N) is 1. The molecule has 20 heavy (non-hydrogen) atoms. The molecule has 4 unspecified atom stereocenters. The van der Waals surface area contributed by atoms with E-state index in [-0.39, 0.29) is 24.5 Å². The van der Waals surface area contributed by atoms with E-state index in [9.17, 15) is 9.90 Å². The van der Waals surface area contributed by atoms with Crippen LogP contribution < -0.4 is 5.32 Å². The Kier molecular flexibility index (Phi) is 5.88. The minimum absolute atomic E-state index is 0.0582. The van der Waals surface area contributed by atoms with E-state index >= 15 is 0 Å². The Morgan fingerprint density at radius 1 is 1.15 bits per heavy atom. The van der Waals surface area contributed by atoms with Crippen molar-refractivity contribution in [3.63, 3.8) is 0 Å². The Hall–Kier alpha value is -0.570. The van der Waals surface area contributed by atoms with Crippen LogP contribution in [0.25, 0.3) is 0 Å². The summed E-state index contributed by atoms with van der Waals surface area (Å²) in [5.41, 5.74) is 0. The van der Waals surface area contributed by atoms with Crippen molar-refractivity contribution < 1.29 is 9.90 Å². The lowest BCUT2D eigenvalue weighted by Gasteiger charge is -2.39. The molecule has 4 atom stereocenters. The minimum atomic E-state index is -0.0634. The van der Waals surface area contributed by atoms with Crippen LogP contribution in [0, 0.1) is 23.7 Å². The molecule has 0 radical (unpaired) electrons. The zero-order chi connectivity index (χ0) is 14.5. The van der Waals surface area contributed by atoms with Crippen LogP contribution in [0.2, 0.25) is 0 Å². The van der Waals surface area contributed by atoms with Crippen LogP contribution in [0.4, 0.5) is 0 Å². The highest BCUT2D eigenvalue weighted by atomic mass is 16.3. The van der Waals surface area contributed by atoms with Gasteiger partial charge in [0.15, 0.2) is 0 Å². The van der Waals surface area contributed by atoms with Crippen LogP contribution in [0.5, 0.6) is 0 Å². The van der Waals surface area contributed by atoms with Gasteiger partial charge in [-0.2, -0.15) is 0 Å². The molecule has 0 saturated heterocycles. The molecule has 0 aliphatic heterocycles. The predicted molar refractivity (Wildman–Crippen MR) is 81.3 cm³/mol. The first-order valence-corrected chi connectivity index (χ1v) is 8.51. The number of aliphatic hydroxyl groups is 1. The van der Waals surface area contributed by atoms with Gasteiger partial charge in [-0.3, -0.25) is 4.79 Å². The molecule has 0 spiro atoms. The lowest BCUT2D eigenvalue weighted by Crippen LogP contribution is -2.44. The summed E-state index contributed by atoms with van der Waals surface area (Å²) in [4.78, 5) is 12.4. The van der Waals surface area contributed by atoms with Gasteiger partial charge in [-0.05, 0) is 43.4 Å². The summed E-state index contributed by atoms with van der Waals surface area (Å²) in [7, 11) is 0. The van der Waals surface area contributed by atoms with Crippen molar-refractivity contribution in [3.05, 3.63) is 0 Å². The highest BCUT2D eigenvalue weighted by Gasteiger charge is 2.35. The lowest BCUT2D eigenvalue weighted by atomic mass is 9.67. The third kappa shape index (κ3) is 4.21. The molecule has 0 aromatic rings. The first-order valence-electron chi connectivity index (χ1n) is 8.51. The van der Waals surface area contributed by atoms with Gasteiger partial charge < -0.3 is 10.4 Å². The first-order chi connectivity index (χ1) is 9.60. The van der Waals surface area contributed by atoms with Crippen molar-refractivity contribution >= 4 is 5.91 Å². The largest absolute Gasteiger partial charge is 0.394 e. The van der Waals surface area contributed by atoms with Gasteiger partial charge in [0.2, 0.25) is 5.91 Å². The summed E-state index contributed by atoms with van der Waals surface area (Å²) >= 11 is 0. The Morgan fingerprint density at radius 3 is 2.50 bits per heavy atom. The Labute approximate surface area is 123 Å². The number of amides is 1. The number of carbonyl (C=O) groups is 1. The summed E-state index contributed by atoms with van der Waals surface area (Å²) in [6.45, 7) is 4.31. The van der Waals surface area contributed by atoms with Gasteiger partial charge in [-0.25, -0.2) is 0 Å². The topological polar surface area (TPSA) is 49.3 Å². The fourth-order valence-electron chi connectivity index (χ4n) is 4.18. The van der Waals surface area contributed by atoms with E-state index in [0.29, 0.717) is 5.92 Å². The average molecular weight is 281 g/mol. The Balaban J connectivity index is 1.83. The van der Waals surface area contributed by atoms with Crippen LogP contribution >= 0.6 is 0 Å². The molecule has 0 bridgehead atoms. The minimum Gasteiger partial charge on any atom is -0.394 e. The third-order valence-electron chi connectivity index (χ3n) is 5.23. The maximum absolute atomic E-state index is 12.4. The van der Waals surface area contributed by atoms with Crippen molar-refractivity contribution in [1.29, 1.82) is 0 Å². The van der Waals surface area contributed by atoms with E-state index in [4.69, 9.17) is 0 Å². The van der Waals surface area contributed by atoms with Crippen LogP contribution in [-0.2, 0) is 4.79 Å². The Bertz CT molecular complexity index is 316. The smallest absolute Gasteiger partial charge is 0.223 e. The van der Waals surface area contributed by atoms with Gasteiger partial charge in [-0.1, -0.05) is 39.5 Å². The van der Waals surface area contributed by atoms with Gasteiger partial charge in [-0.15, -0.1) is 0 Å². The molecule has 3 heteroatoms. The molecular formula is C17H31NO2. The number of aliphatic hydroxyl groups excluding tert-OH is 1. The molecule has 0 heterocycles. The normalized spacial score (nSPS) is 31.7. The predicted octanol–water partition coefficient (Wildman–Crippen LogP) is 3.12. The second-order valence-electron chi connectivity index (χ2n) is 7.33. The summed E-state index contributed by atoms with van der Waals surface area (Å²) < 4.78 is 0. The lowest BCUT2D eigenvalue weighted by molar-refractivity contribution is -0.128. The Morgan fingerprint density at radius 2 is 1.85 bits per heavy atom. The zero-order valence-corrected chi connectivity index (χ0v) is 13.1. The van der Waals surface area contributed by atoms with Gasteiger partial charge in [0, 0.05) is 5.92 Å². The number of rotatable bonds is 5. The first kappa shape index (κ1) is 15.8. The zero-order valence-electron chi connectivity index (χ0n) is 13.1. The third-order valence-corrected chi connectivity index (χ3v) is 5.23. The van der Waals surface area contributed by atoms with Crippen LogP contribution in [0.1, 0.15) is 65.2 Å². The number of hydrogen-bond acceptors (Lipinski definition) is 2. The van der Waals surface area contributed by atoms with Gasteiger partial charge in [0.05, 0.1) is 12.6 Å². The molecule has 0 aromatic carbocycles. The molecule has 2 rings (SSSR count). The average Bonchev–Trinajstić information content (AvgIpc) is 2.45. The molecule has 116 valence electrons. The molecule has 2 saturated carbocycles. The standard InChI is InChI=1S/C17H31NO2/c1-12(2)9-16(11-19)18-17(20)15-8-7-13-5-3-4-6-14(13)10-15/h12-16,19H,3-11H2,1-2H3,(H,18,20). The molecule has 3 nitrogen and oxygen atoms in total. The van der Waals surface area contributed by atoms with Crippen LogP contribution in [0.15, 0.2) is 0 Å². The fourth-order valence-corrected chi connectivity index (χ4v) is 4.18. The van der Waals surface area contributed by atoms with Crippen LogP contribution in [-0.4, -0.2) is 23.7 Å². The SMILES string of the molecule is CC(C)CC(CO)NC(=O)C1CCC2CCCCC2C1. The summed E-state index contributed by atoms with van der Waals surface area (Å²) in [6.07, 6.45) is 9.66. The van der Waals surface area contributed by atoms with E-state index in [2.05, 4.69) is 19.2 Å². The summed E-state index contributed by atoms with van der Waals surface area (Å²) in [6, 6.07) is -0.0634. The van der Waals surface area contributed by atoms with Crippen molar-refractivity contribution in [2.75, 3.05) is 6.61 Å². The highest BCUT2D eigenvalue weighted by molar-refractivity contribution is 5.79. The molecule has 2 aliphatic carbocycles. The van der Waals surface area contributed by atoms with E-state index < -0.39 is 0 Å². The van der Waals surface area contributed by atoms with Gasteiger partial charge in [0.25, 0.3) is 0 Å². The molecule has 2 fully saturated rings. The fraction of sp³-hybridized carbons (Fsp3) is 0.941. The molecular weight excluding hydrogens is 250 g/mol. The summed E-state index contributed by atoms with van der Waals surface area (Å²) in [5, 5.41) is 12.5. The number of carbonyl (C=O) groups excluding carboxylic acids is 1. The maximum atomic E-state index is 12.4. The molecule has 2 aliphatic rings. The molecule has 0 aromatic heterocycles. The molecule has 1 amide bonds. The van der Waals surface area contributed by atoms with Gasteiger partial charge >= 0.3 is 0 Å². The van der Waals surface area contributed by atoms with E-state index in [1.807, 2.05) is 0 Å². The van der Waals surface area contributed by atoms with E-state index in [0.717, 1.165) is 31.1 Å². The van der Waals surface area contributed by atoms with Gasteiger partial charge in [0.1, 0.15) is 0 Å². The maximum Gasteiger partial charge on any atom is 0.223 e. The van der Waals surface area contributed by atoms with E-state index in [1.54, 1.807) is 0 Å². The quantitative estimate of drug-likeness (QED) is 0.813. The molecule has 2 N–H and O–H groups in total. The second kappa shape index (κ2) is 7.44. The number of hydrogen-bond donors (Lipinski definition) is 2. The second-order valence-corrected chi connectivity index (χ2v) is 7.33. The summed E-state index contributed by atoms with van der Waals surface area (Å²) in [5.74, 6) is 2.55. The number of fused-ring (bicyclic) bond motifs is 1. The van der Waals surface area contributed by atoms with Crippen molar-refractivity contribution in [3.8, 4) is 0 Å². The van der Waals surface area contributed by atoms with E-state index in [1.165, 1.54) is 32.1 Å². The van der Waals surface area contributed by atoms with Crippen LogP contribution in [0.3, 0.4) is 0 Å². The highest BCUT2D eigenvalue weighted by Crippen LogP contribution is 2.42. The van der Waals surface area contributed by atoms with Crippen molar-refractivity contribution in [1.82, 2.24) is 5.32 Å². The monoisotopic (exact) mass is 281 g/mol. The van der Waals surface area contributed by atoms with Crippen molar-refractivity contribution in [2.24, 2.45) is 23.7 Å².